The lowest BCUT2D eigenvalue weighted by molar-refractivity contribution is -0.137. The molecule has 1 aromatic rings. The van der Waals surface area contributed by atoms with E-state index >= 15 is 0 Å². The Hall–Kier alpha value is -1.98. The number of carbonyl (C=O) groups excluding carboxylic acids is 1. The number of hydrogen-bond acceptors (Lipinski definition) is 3. The van der Waals surface area contributed by atoms with E-state index in [0.29, 0.717) is 13.1 Å². The monoisotopic (exact) mass is 280 g/mol. The van der Waals surface area contributed by atoms with Gasteiger partial charge in [-0.15, -0.1) is 0 Å². The standard InChI is InChI=1S/C14H20N2O4/c1-10(7-13(17)18)8-15-14(19)16(11-4-5-11)9-12-3-2-6-20-12/h2-3,6,10-11H,4-5,7-9H2,1H3,(H,15,19)(H,17,18). The van der Waals surface area contributed by atoms with E-state index in [9.17, 15) is 9.59 Å². The van der Waals surface area contributed by atoms with Crippen molar-refractivity contribution in [2.24, 2.45) is 5.92 Å². The Morgan fingerprint density at radius 3 is 2.85 bits per heavy atom. The number of hydrogen-bond donors (Lipinski definition) is 2. The van der Waals surface area contributed by atoms with Gasteiger partial charge in [0.25, 0.3) is 0 Å². The molecule has 2 N–H and O–H groups in total. The number of nitrogens with one attached hydrogen (secondary N) is 1. The molecule has 20 heavy (non-hydrogen) atoms. The van der Waals surface area contributed by atoms with Crippen LogP contribution in [0.15, 0.2) is 22.8 Å². The van der Waals surface area contributed by atoms with Crippen LogP contribution in [0.3, 0.4) is 0 Å². The van der Waals surface area contributed by atoms with Crippen LogP contribution < -0.4 is 5.32 Å². The second-order valence-electron chi connectivity index (χ2n) is 5.33. The van der Waals surface area contributed by atoms with Crippen LogP contribution in [0.5, 0.6) is 0 Å². The Labute approximate surface area is 117 Å². The Balaban J connectivity index is 1.83. The van der Waals surface area contributed by atoms with Gasteiger partial charge in [-0.3, -0.25) is 4.79 Å². The zero-order valence-electron chi connectivity index (χ0n) is 11.5. The summed E-state index contributed by atoms with van der Waals surface area (Å²) >= 11 is 0. The van der Waals surface area contributed by atoms with Crippen molar-refractivity contribution < 1.29 is 19.1 Å². The summed E-state index contributed by atoms with van der Waals surface area (Å²) < 4.78 is 5.27. The number of rotatable bonds is 7. The molecule has 0 aromatic carbocycles. The summed E-state index contributed by atoms with van der Waals surface area (Å²) in [6, 6.07) is 3.76. The molecule has 0 spiro atoms. The predicted molar refractivity (Wildman–Crippen MR) is 72.1 cm³/mol. The molecule has 6 nitrogen and oxygen atoms in total. The molecular weight excluding hydrogens is 260 g/mol. The fourth-order valence-corrected chi connectivity index (χ4v) is 2.06. The molecule has 1 aromatic heterocycles. The first-order chi connectivity index (χ1) is 9.56. The van der Waals surface area contributed by atoms with E-state index < -0.39 is 5.97 Å². The van der Waals surface area contributed by atoms with Crippen molar-refractivity contribution in [3.8, 4) is 0 Å². The van der Waals surface area contributed by atoms with Crippen LogP contribution in [0.1, 0.15) is 31.9 Å². The van der Waals surface area contributed by atoms with E-state index in [1.165, 1.54) is 0 Å². The van der Waals surface area contributed by atoms with Crippen molar-refractivity contribution in [3.63, 3.8) is 0 Å². The van der Waals surface area contributed by atoms with Crippen LogP contribution in [-0.2, 0) is 11.3 Å². The van der Waals surface area contributed by atoms with Crippen LogP contribution in [0.25, 0.3) is 0 Å². The maximum Gasteiger partial charge on any atom is 0.318 e. The van der Waals surface area contributed by atoms with Gasteiger partial charge in [0, 0.05) is 19.0 Å². The third-order valence-corrected chi connectivity index (χ3v) is 3.28. The molecule has 0 radical (unpaired) electrons. The number of carboxylic acids is 1. The van der Waals surface area contributed by atoms with E-state index in [1.807, 2.05) is 13.0 Å². The molecular formula is C14H20N2O4. The van der Waals surface area contributed by atoms with Crippen molar-refractivity contribution >= 4 is 12.0 Å². The lowest BCUT2D eigenvalue weighted by atomic mass is 10.1. The van der Waals surface area contributed by atoms with Crippen LogP contribution in [-0.4, -0.2) is 34.6 Å². The molecule has 1 fully saturated rings. The molecule has 0 saturated heterocycles. The molecule has 0 bridgehead atoms. The molecule has 110 valence electrons. The third-order valence-electron chi connectivity index (χ3n) is 3.28. The first-order valence-electron chi connectivity index (χ1n) is 6.85. The van der Waals surface area contributed by atoms with Gasteiger partial charge in [-0.05, 0) is 30.9 Å². The lowest BCUT2D eigenvalue weighted by Gasteiger charge is -2.22. The summed E-state index contributed by atoms with van der Waals surface area (Å²) in [6.07, 6.45) is 3.67. The van der Waals surface area contributed by atoms with E-state index in [-0.39, 0.29) is 24.4 Å². The number of carbonyl (C=O) groups is 2. The summed E-state index contributed by atoms with van der Waals surface area (Å²) in [5, 5.41) is 11.5. The number of urea groups is 1. The Morgan fingerprint density at radius 1 is 1.55 bits per heavy atom. The van der Waals surface area contributed by atoms with Crippen molar-refractivity contribution in [2.45, 2.75) is 38.8 Å². The maximum absolute atomic E-state index is 12.2. The average molecular weight is 280 g/mol. The fourth-order valence-electron chi connectivity index (χ4n) is 2.06. The zero-order valence-corrected chi connectivity index (χ0v) is 11.5. The van der Waals surface area contributed by atoms with Gasteiger partial charge >= 0.3 is 12.0 Å². The molecule has 0 aliphatic heterocycles. The molecule has 1 aliphatic carbocycles. The minimum Gasteiger partial charge on any atom is -0.481 e. The second kappa shape index (κ2) is 6.45. The van der Waals surface area contributed by atoms with Crippen molar-refractivity contribution in [1.29, 1.82) is 0 Å². The first kappa shape index (κ1) is 14.4. The van der Waals surface area contributed by atoms with E-state index in [2.05, 4.69) is 5.32 Å². The van der Waals surface area contributed by atoms with Crippen molar-refractivity contribution in [1.82, 2.24) is 10.2 Å². The Morgan fingerprint density at radius 2 is 2.30 bits per heavy atom. The Kier molecular flexibility index (Phi) is 4.65. The summed E-state index contributed by atoms with van der Waals surface area (Å²) in [5.41, 5.74) is 0. The van der Waals surface area contributed by atoms with Gasteiger partial charge in [-0.2, -0.15) is 0 Å². The molecule has 6 heteroatoms. The zero-order chi connectivity index (χ0) is 14.5. The maximum atomic E-state index is 12.2. The third kappa shape index (κ3) is 4.29. The highest BCUT2D eigenvalue weighted by atomic mass is 16.4. The molecule has 1 heterocycles. The van der Waals surface area contributed by atoms with Gasteiger partial charge in [-0.25, -0.2) is 4.79 Å². The first-order valence-corrected chi connectivity index (χ1v) is 6.85. The number of amides is 2. The summed E-state index contributed by atoms with van der Waals surface area (Å²) in [7, 11) is 0. The highest BCUT2D eigenvalue weighted by Gasteiger charge is 2.33. The molecule has 1 saturated carbocycles. The predicted octanol–water partition coefficient (Wildman–Crippen LogP) is 2.06. The van der Waals surface area contributed by atoms with Crippen LogP contribution in [0.2, 0.25) is 0 Å². The number of aliphatic carboxylic acids is 1. The smallest absolute Gasteiger partial charge is 0.318 e. The van der Waals surface area contributed by atoms with Gasteiger partial charge in [0.1, 0.15) is 5.76 Å². The van der Waals surface area contributed by atoms with Crippen molar-refractivity contribution in [3.05, 3.63) is 24.2 Å². The van der Waals surface area contributed by atoms with E-state index in [0.717, 1.165) is 18.6 Å². The summed E-state index contributed by atoms with van der Waals surface area (Å²) in [4.78, 5) is 24.5. The quantitative estimate of drug-likeness (QED) is 0.801. The normalized spacial score (nSPS) is 15.7. The second-order valence-corrected chi connectivity index (χ2v) is 5.33. The minimum atomic E-state index is -0.846. The number of nitrogens with zero attached hydrogens (tertiary/aromatic N) is 1. The van der Waals surface area contributed by atoms with Gasteiger partial charge in [0.05, 0.1) is 12.8 Å². The lowest BCUT2D eigenvalue weighted by Crippen LogP contribution is -2.42. The van der Waals surface area contributed by atoms with Crippen molar-refractivity contribution in [2.75, 3.05) is 6.54 Å². The molecule has 1 aliphatic rings. The number of furan rings is 1. The average Bonchev–Trinajstić information content (AvgIpc) is 3.09. The molecule has 2 amide bonds. The van der Waals surface area contributed by atoms with Gasteiger partial charge in [0.15, 0.2) is 0 Å². The highest BCUT2D eigenvalue weighted by molar-refractivity contribution is 5.75. The number of carboxylic acid groups (broad SMARTS) is 1. The van der Waals surface area contributed by atoms with Gasteiger partial charge in [-0.1, -0.05) is 6.92 Å². The highest BCUT2D eigenvalue weighted by Crippen LogP contribution is 2.28. The van der Waals surface area contributed by atoms with E-state index in [1.54, 1.807) is 17.2 Å². The molecule has 2 rings (SSSR count). The van der Waals surface area contributed by atoms with E-state index in [4.69, 9.17) is 9.52 Å². The largest absolute Gasteiger partial charge is 0.481 e. The topological polar surface area (TPSA) is 82.8 Å². The van der Waals surface area contributed by atoms with Gasteiger partial charge in [0.2, 0.25) is 0 Å². The van der Waals surface area contributed by atoms with Crippen LogP contribution >= 0.6 is 0 Å². The van der Waals surface area contributed by atoms with Crippen LogP contribution in [0.4, 0.5) is 4.79 Å². The summed E-state index contributed by atoms with van der Waals surface area (Å²) in [6.45, 7) is 2.63. The summed E-state index contributed by atoms with van der Waals surface area (Å²) in [5.74, 6) is -0.173. The molecule has 1 unspecified atom stereocenters. The SMILES string of the molecule is CC(CNC(=O)N(Cc1ccco1)C1CC1)CC(=O)O. The fraction of sp³-hybridized carbons (Fsp3) is 0.571. The molecule has 1 atom stereocenters. The van der Waals surface area contributed by atoms with Crippen LogP contribution in [0, 0.1) is 5.92 Å². The van der Waals surface area contributed by atoms with Gasteiger partial charge < -0.3 is 19.7 Å². The minimum absolute atomic E-state index is 0.0574. The Bertz CT molecular complexity index is 454.